The average molecular weight is 651 g/mol. The number of carbonyl (C=O) groups is 1. The zero-order valence-corrected chi connectivity index (χ0v) is 27.6. The van der Waals surface area contributed by atoms with Crippen molar-refractivity contribution >= 4 is 52.4 Å². The summed E-state index contributed by atoms with van der Waals surface area (Å²) in [5.41, 5.74) is 8.18. The minimum Gasteiger partial charge on any atom is -0.362 e. The van der Waals surface area contributed by atoms with Crippen LogP contribution in [0.25, 0.3) is 0 Å². The van der Waals surface area contributed by atoms with Crippen molar-refractivity contribution in [3.8, 4) is 0 Å². The van der Waals surface area contributed by atoms with E-state index in [1.165, 1.54) is 6.07 Å². The van der Waals surface area contributed by atoms with Gasteiger partial charge in [-0.3, -0.25) is 9.78 Å². The molecule has 10 nitrogen and oxygen atoms in total. The smallest absolute Gasteiger partial charge is 0.281 e. The Morgan fingerprint density at radius 2 is 1.81 bits per heavy atom. The number of carbonyl (C=O) groups excluding carboxylic acids is 1. The summed E-state index contributed by atoms with van der Waals surface area (Å²) in [6, 6.07) is 11.8. The number of sulfonamides is 1. The predicted octanol–water partition coefficient (Wildman–Crippen LogP) is 5.14. The van der Waals surface area contributed by atoms with E-state index in [2.05, 4.69) is 59.5 Å². The Bertz CT molecular complexity index is 1580. The van der Waals surface area contributed by atoms with Crippen molar-refractivity contribution in [2.45, 2.75) is 82.4 Å². The molecule has 5 rings (SSSR count). The van der Waals surface area contributed by atoms with Crippen molar-refractivity contribution in [2.24, 2.45) is 11.7 Å². The molecule has 4 N–H and O–H groups in total. The molecule has 3 aromatic rings. The summed E-state index contributed by atoms with van der Waals surface area (Å²) in [5, 5.41) is 3.15. The molecule has 2 atom stereocenters. The zero-order valence-electron chi connectivity index (χ0n) is 25.1. The highest BCUT2D eigenvalue weighted by molar-refractivity contribution is 7.90. The number of nitrogens with two attached hydrogens (primary N) is 1. The lowest BCUT2D eigenvalue weighted by molar-refractivity contribution is 0.0981. The molecule has 1 amide bonds. The van der Waals surface area contributed by atoms with Gasteiger partial charge in [0, 0.05) is 35.9 Å². The Hall–Kier alpha value is -2.99. The van der Waals surface area contributed by atoms with Crippen molar-refractivity contribution in [3.05, 3.63) is 71.2 Å². The zero-order chi connectivity index (χ0) is 29.6. The van der Waals surface area contributed by atoms with Gasteiger partial charge in [0.2, 0.25) is 0 Å². The summed E-state index contributed by atoms with van der Waals surface area (Å²) in [4.78, 5) is 29.7. The van der Waals surface area contributed by atoms with Gasteiger partial charge in [-0.1, -0.05) is 26.8 Å². The van der Waals surface area contributed by atoms with Crippen molar-refractivity contribution in [3.63, 3.8) is 0 Å². The molecule has 1 saturated heterocycles. The van der Waals surface area contributed by atoms with E-state index in [4.69, 9.17) is 10.7 Å². The molecule has 0 aromatic carbocycles. The number of nitrogens with one attached hydrogen (secondary N) is 2. The maximum atomic E-state index is 13.6. The number of pyridine rings is 3. The van der Waals surface area contributed by atoms with Crippen LogP contribution in [0.4, 0.5) is 11.6 Å². The molecular formula is C30H41Cl2N7O3S. The van der Waals surface area contributed by atoms with E-state index in [1.807, 2.05) is 12.1 Å². The van der Waals surface area contributed by atoms with Crippen LogP contribution in [0.3, 0.4) is 0 Å². The number of rotatable bonds is 2. The summed E-state index contributed by atoms with van der Waals surface area (Å²) in [6.07, 6.45) is 4.26. The van der Waals surface area contributed by atoms with Crippen LogP contribution in [-0.4, -0.2) is 41.4 Å². The van der Waals surface area contributed by atoms with Gasteiger partial charge in [-0.15, -0.1) is 24.8 Å². The molecule has 43 heavy (non-hydrogen) atoms. The summed E-state index contributed by atoms with van der Waals surface area (Å²) >= 11 is 0. The van der Waals surface area contributed by atoms with Crippen LogP contribution >= 0.6 is 24.8 Å². The van der Waals surface area contributed by atoms with Gasteiger partial charge in [0.15, 0.2) is 5.03 Å². The average Bonchev–Trinajstić information content (AvgIpc) is 3.23. The number of amides is 1. The monoisotopic (exact) mass is 649 g/mol. The van der Waals surface area contributed by atoms with Crippen LogP contribution in [0, 0.1) is 5.92 Å². The Morgan fingerprint density at radius 3 is 2.51 bits per heavy atom. The Kier molecular flexibility index (Phi) is 10.4. The number of nitrogens with zero attached hydrogens (tertiary/aromatic N) is 4. The third kappa shape index (κ3) is 7.39. The van der Waals surface area contributed by atoms with Gasteiger partial charge in [0.25, 0.3) is 15.9 Å². The van der Waals surface area contributed by atoms with Crippen LogP contribution in [0.15, 0.2) is 53.7 Å². The van der Waals surface area contributed by atoms with Gasteiger partial charge in [0.1, 0.15) is 11.6 Å². The van der Waals surface area contributed by atoms with Crippen molar-refractivity contribution in [1.29, 1.82) is 0 Å². The van der Waals surface area contributed by atoms with E-state index in [1.54, 1.807) is 30.5 Å². The number of aromatic nitrogens is 3. The lowest BCUT2D eigenvalue weighted by Gasteiger charge is -2.34. The lowest BCUT2D eigenvalue weighted by atomic mass is 9.90. The Labute approximate surface area is 266 Å². The van der Waals surface area contributed by atoms with E-state index < -0.39 is 15.9 Å². The molecular weight excluding hydrogens is 609 g/mol. The minimum absolute atomic E-state index is 0. The molecule has 0 aliphatic carbocycles. The number of anilines is 2. The van der Waals surface area contributed by atoms with Gasteiger partial charge in [-0.25, -0.2) is 14.7 Å². The summed E-state index contributed by atoms with van der Waals surface area (Å²) in [6.45, 7) is 11.6. The van der Waals surface area contributed by atoms with E-state index in [0.29, 0.717) is 30.6 Å². The highest BCUT2D eigenvalue weighted by atomic mass is 35.5. The van der Waals surface area contributed by atoms with E-state index in [9.17, 15) is 13.2 Å². The number of hydrogen-bond acceptors (Lipinski definition) is 9. The number of halogens is 2. The standard InChI is InChI=1S/C30H39N7O3S.2ClH/c1-29(2,3)24-12-10-21-27(34-24)37-18-20(16-30(37,4)5)9-11-22(23-15-19(17-31)13-14-32-23)33-25-7-6-8-26(35-25)41(39,40)36-28(21)38;;/h6-8,10,12-15,20,22H,9,11,16-18,31H2,1-5H3,(H,33,35)(H,36,38);2*1H/t20-,22?;;/m0../s1. The maximum absolute atomic E-state index is 13.6. The topological polar surface area (TPSA) is 143 Å². The molecule has 2 aliphatic heterocycles. The fourth-order valence-electron chi connectivity index (χ4n) is 5.76. The molecule has 0 saturated carbocycles. The molecule has 2 aliphatic rings. The SMILES string of the molecule is CC(C)(C)c1ccc2c(n1)N1C[C@@H](CCC(c3cc(CN)ccn3)Nc3cccc(n3)S(=O)(=O)NC2=O)CC1(C)C.Cl.Cl. The van der Waals surface area contributed by atoms with Crippen molar-refractivity contribution in [2.75, 3.05) is 16.8 Å². The van der Waals surface area contributed by atoms with Crippen molar-refractivity contribution < 1.29 is 13.2 Å². The molecule has 5 heterocycles. The second-order valence-electron chi connectivity index (χ2n) is 12.7. The molecule has 234 valence electrons. The third-order valence-corrected chi connectivity index (χ3v) is 9.19. The Balaban J connectivity index is 0.00000253. The fraction of sp³-hybridized carbons (Fsp3) is 0.467. The number of fused-ring (bicyclic) bond motifs is 6. The second-order valence-corrected chi connectivity index (χ2v) is 14.3. The van der Waals surface area contributed by atoms with Crippen LogP contribution < -0.4 is 20.7 Å². The van der Waals surface area contributed by atoms with Gasteiger partial charge < -0.3 is 16.0 Å². The lowest BCUT2D eigenvalue weighted by Crippen LogP contribution is -2.41. The largest absolute Gasteiger partial charge is 0.362 e. The summed E-state index contributed by atoms with van der Waals surface area (Å²) in [7, 11) is -4.27. The molecule has 3 aromatic heterocycles. The van der Waals surface area contributed by atoms with Gasteiger partial charge in [-0.2, -0.15) is 8.42 Å². The Morgan fingerprint density at radius 1 is 1.07 bits per heavy atom. The molecule has 13 heteroatoms. The van der Waals surface area contributed by atoms with Crippen LogP contribution in [0.5, 0.6) is 0 Å². The van der Waals surface area contributed by atoms with Crippen LogP contribution in [0.2, 0.25) is 0 Å². The van der Waals surface area contributed by atoms with Crippen molar-refractivity contribution in [1.82, 2.24) is 19.7 Å². The van der Waals surface area contributed by atoms with Gasteiger partial charge in [-0.05, 0) is 81.0 Å². The molecule has 1 unspecified atom stereocenters. The minimum atomic E-state index is -4.27. The third-order valence-electron chi connectivity index (χ3n) is 7.95. The van der Waals surface area contributed by atoms with E-state index in [-0.39, 0.29) is 52.4 Å². The van der Waals surface area contributed by atoms with Crippen LogP contribution in [0.1, 0.15) is 87.2 Å². The number of hydrogen-bond donors (Lipinski definition) is 3. The molecule has 0 spiro atoms. The predicted molar refractivity (Wildman–Crippen MR) is 174 cm³/mol. The van der Waals surface area contributed by atoms with Gasteiger partial charge >= 0.3 is 0 Å². The first-order chi connectivity index (χ1) is 19.3. The highest BCUT2D eigenvalue weighted by Gasteiger charge is 2.41. The maximum Gasteiger partial charge on any atom is 0.281 e. The van der Waals surface area contributed by atoms with Gasteiger partial charge in [0.05, 0.1) is 17.3 Å². The molecule has 1 fully saturated rings. The first-order valence-electron chi connectivity index (χ1n) is 14.0. The summed E-state index contributed by atoms with van der Waals surface area (Å²) in [5.74, 6) is 0.464. The first-order valence-corrected chi connectivity index (χ1v) is 15.5. The van der Waals surface area contributed by atoms with E-state index in [0.717, 1.165) is 36.2 Å². The van der Waals surface area contributed by atoms with Crippen LogP contribution in [-0.2, 0) is 22.0 Å². The molecule has 0 radical (unpaired) electrons. The highest BCUT2D eigenvalue weighted by Crippen LogP contribution is 2.41. The van der Waals surface area contributed by atoms with E-state index >= 15 is 0 Å². The second kappa shape index (κ2) is 12.9. The summed E-state index contributed by atoms with van der Waals surface area (Å²) < 4.78 is 29.0. The molecule has 4 bridgehead atoms. The normalized spacial score (nSPS) is 21.1. The first kappa shape index (κ1) is 34.5. The quantitative estimate of drug-likeness (QED) is 0.344. The fourth-order valence-corrected chi connectivity index (χ4v) is 6.70.